The van der Waals surface area contributed by atoms with E-state index in [1.807, 2.05) is 48.7 Å². The number of rotatable bonds is 5. The Bertz CT molecular complexity index is 1140. The number of aromatic nitrogens is 3. The van der Waals surface area contributed by atoms with Gasteiger partial charge >= 0.3 is 0 Å². The summed E-state index contributed by atoms with van der Waals surface area (Å²) in [7, 11) is 0. The molecule has 0 radical (unpaired) electrons. The summed E-state index contributed by atoms with van der Waals surface area (Å²) in [6, 6.07) is 15.8. The van der Waals surface area contributed by atoms with Gasteiger partial charge in [0, 0.05) is 35.2 Å². The molecule has 0 saturated carbocycles. The summed E-state index contributed by atoms with van der Waals surface area (Å²) in [6.07, 6.45) is 5.35. The SMILES string of the molecule is Cc1ccc(-c2nc3cnccn3c2Nc2ccc(C(=O)NC(C)C)cc2)cc1. The summed E-state index contributed by atoms with van der Waals surface area (Å²) < 4.78 is 1.97. The van der Waals surface area contributed by atoms with Gasteiger partial charge in [0.1, 0.15) is 11.5 Å². The van der Waals surface area contributed by atoms with Gasteiger partial charge in [-0.1, -0.05) is 29.8 Å². The normalized spacial score (nSPS) is 11.0. The number of imidazole rings is 1. The second-order valence-corrected chi connectivity index (χ2v) is 7.31. The van der Waals surface area contributed by atoms with Crippen LogP contribution >= 0.6 is 0 Å². The highest BCUT2D eigenvalue weighted by Crippen LogP contribution is 2.31. The van der Waals surface area contributed by atoms with Crippen molar-refractivity contribution in [1.82, 2.24) is 19.7 Å². The molecule has 29 heavy (non-hydrogen) atoms. The Morgan fingerprint density at radius 2 is 1.76 bits per heavy atom. The molecule has 0 saturated heterocycles. The number of amides is 1. The molecule has 2 aromatic carbocycles. The topological polar surface area (TPSA) is 71.3 Å². The number of benzene rings is 2. The highest BCUT2D eigenvalue weighted by molar-refractivity contribution is 5.94. The molecule has 2 aromatic heterocycles. The quantitative estimate of drug-likeness (QED) is 0.527. The maximum absolute atomic E-state index is 12.2. The molecule has 0 fully saturated rings. The van der Waals surface area contributed by atoms with Crippen LogP contribution < -0.4 is 10.6 Å². The number of anilines is 2. The second-order valence-electron chi connectivity index (χ2n) is 7.31. The first kappa shape index (κ1) is 18.7. The third-order valence-electron chi connectivity index (χ3n) is 4.58. The summed E-state index contributed by atoms with van der Waals surface area (Å²) in [5.41, 5.74) is 5.33. The Morgan fingerprint density at radius 3 is 2.45 bits per heavy atom. The van der Waals surface area contributed by atoms with E-state index in [-0.39, 0.29) is 11.9 Å². The Balaban J connectivity index is 1.69. The molecule has 6 nitrogen and oxygen atoms in total. The number of aryl methyl sites for hydroxylation is 1. The van der Waals surface area contributed by atoms with E-state index in [2.05, 4.69) is 46.8 Å². The molecular weight excluding hydrogens is 362 g/mol. The molecule has 4 rings (SSSR count). The summed E-state index contributed by atoms with van der Waals surface area (Å²) in [5, 5.41) is 6.36. The van der Waals surface area contributed by atoms with Crippen molar-refractivity contribution in [2.45, 2.75) is 26.8 Å². The zero-order chi connectivity index (χ0) is 20.4. The molecule has 0 aliphatic heterocycles. The van der Waals surface area contributed by atoms with Gasteiger partial charge in [-0.25, -0.2) is 4.98 Å². The zero-order valence-electron chi connectivity index (χ0n) is 16.7. The lowest BCUT2D eigenvalue weighted by molar-refractivity contribution is 0.0943. The molecule has 146 valence electrons. The van der Waals surface area contributed by atoms with Gasteiger partial charge in [0.15, 0.2) is 5.65 Å². The van der Waals surface area contributed by atoms with Crippen LogP contribution in [-0.4, -0.2) is 26.3 Å². The van der Waals surface area contributed by atoms with Crippen molar-refractivity contribution in [2.75, 3.05) is 5.32 Å². The Hall–Kier alpha value is -3.67. The number of carbonyl (C=O) groups is 1. The number of fused-ring (bicyclic) bond motifs is 1. The smallest absolute Gasteiger partial charge is 0.251 e. The van der Waals surface area contributed by atoms with Crippen LogP contribution in [0.3, 0.4) is 0 Å². The third kappa shape index (κ3) is 3.96. The van der Waals surface area contributed by atoms with Crippen LogP contribution in [0.2, 0.25) is 0 Å². The first-order chi connectivity index (χ1) is 14.0. The van der Waals surface area contributed by atoms with Gasteiger partial charge < -0.3 is 10.6 Å². The van der Waals surface area contributed by atoms with E-state index < -0.39 is 0 Å². The summed E-state index contributed by atoms with van der Waals surface area (Å²) in [6.45, 7) is 5.95. The predicted octanol–water partition coefficient (Wildman–Crippen LogP) is 4.59. The van der Waals surface area contributed by atoms with Crippen LogP contribution in [0.1, 0.15) is 29.8 Å². The van der Waals surface area contributed by atoms with Crippen molar-refractivity contribution in [1.29, 1.82) is 0 Å². The van der Waals surface area contributed by atoms with Crippen LogP contribution in [0.25, 0.3) is 16.9 Å². The monoisotopic (exact) mass is 385 g/mol. The van der Waals surface area contributed by atoms with Gasteiger partial charge in [-0.05, 0) is 45.0 Å². The molecule has 0 aliphatic rings. The fourth-order valence-corrected chi connectivity index (χ4v) is 3.13. The number of nitrogens with one attached hydrogen (secondary N) is 2. The fourth-order valence-electron chi connectivity index (χ4n) is 3.13. The van der Waals surface area contributed by atoms with Crippen LogP contribution in [0.4, 0.5) is 11.5 Å². The molecule has 0 spiro atoms. The number of hydrogen-bond donors (Lipinski definition) is 2. The first-order valence-corrected chi connectivity index (χ1v) is 9.58. The third-order valence-corrected chi connectivity index (χ3v) is 4.58. The molecule has 0 unspecified atom stereocenters. The first-order valence-electron chi connectivity index (χ1n) is 9.58. The zero-order valence-corrected chi connectivity index (χ0v) is 16.7. The summed E-state index contributed by atoms with van der Waals surface area (Å²) >= 11 is 0. The van der Waals surface area contributed by atoms with Crippen LogP contribution in [-0.2, 0) is 0 Å². The van der Waals surface area contributed by atoms with Crippen molar-refractivity contribution in [3.63, 3.8) is 0 Å². The average Bonchev–Trinajstić information content (AvgIpc) is 3.07. The van der Waals surface area contributed by atoms with Crippen LogP contribution in [0.15, 0.2) is 67.1 Å². The van der Waals surface area contributed by atoms with Crippen molar-refractivity contribution in [3.05, 3.63) is 78.2 Å². The van der Waals surface area contributed by atoms with E-state index >= 15 is 0 Å². The van der Waals surface area contributed by atoms with E-state index in [1.54, 1.807) is 12.4 Å². The molecule has 0 bridgehead atoms. The minimum absolute atomic E-state index is 0.0761. The molecular formula is C23H23N5O. The van der Waals surface area contributed by atoms with Gasteiger partial charge in [-0.3, -0.25) is 14.2 Å². The lowest BCUT2D eigenvalue weighted by Crippen LogP contribution is -2.29. The van der Waals surface area contributed by atoms with Gasteiger partial charge in [0.05, 0.1) is 6.20 Å². The van der Waals surface area contributed by atoms with E-state index in [9.17, 15) is 4.79 Å². The highest BCUT2D eigenvalue weighted by atomic mass is 16.1. The number of nitrogens with zero attached hydrogens (tertiary/aromatic N) is 3. The van der Waals surface area contributed by atoms with Gasteiger partial charge in [-0.15, -0.1) is 0 Å². The largest absolute Gasteiger partial charge is 0.350 e. The lowest BCUT2D eigenvalue weighted by Gasteiger charge is -2.11. The van der Waals surface area contributed by atoms with Crippen molar-refractivity contribution in [3.8, 4) is 11.3 Å². The fraction of sp³-hybridized carbons (Fsp3) is 0.174. The lowest BCUT2D eigenvalue weighted by atomic mass is 10.1. The van der Waals surface area contributed by atoms with Crippen molar-refractivity contribution < 1.29 is 4.79 Å². The van der Waals surface area contributed by atoms with E-state index in [4.69, 9.17) is 4.98 Å². The minimum atomic E-state index is -0.0761. The molecule has 4 aromatic rings. The maximum atomic E-state index is 12.2. The van der Waals surface area contributed by atoms with Crippen molar-refractivity contribution in [2.24, 2.45) is 0 Å². The average molecular weight is 385 g/mol. The molecule has 6 heteroatoms. The summed E-state index contributed by atoms with van der Waals surface area (Å²) in [5.74, 6) is 0.776. The molecule has 0 atom stereocenters. The Morgan fingerprint density at radius 1 is 1.03 bits per heavy atom. The van der Waals surface area contributed by atoms with Gasteiger partial charge in [0.25, 0.3) is 5.91 Å². The minimum Gasteiger partial charge on any atom is -0.350 e. The Labute approximate surface area is 169 Å². The molecule has 2 heterocycles. The second kappa shape index (κ2) is 7.75. The maximum Gasteiger partial charge on any atom is 0.251 e. The standard InChI is InChI=1S/C23H23N5O/c1-15(2)25-23(29)18-8-10-19(11-9-18)26-22-21(17-6-4-16(3)5-7-17)27-20-14-24-12-13-28(20)22/h4-15,26H,1-3H3,(H,25,29). The molecule has 1 amide bonds. The van der Waals surface area contributed by atoms with Crippen LogP contribution in [0, 0.1) is 6.92 Å². The predicted molar refractivity (Wildman–Crippen MR) is 115 cm³/mol. The molecule has 0 aliphatic carbocycles. The van der Waals surface area contributed by atoms with Gasteiger partial charge in [-0.2, -0.15) is 0 Å². The molecule has 2 N–H and O–H groups in total. The van der Waals surface area contributed by atoms with E-state index in [1.165, 1.54) is 5.56 Å². The van der Waals surface area contributed by atoms with E-state index in [0.29, 0.717) is 5.56 Å². The number of hydrogen-bond acceptors (Lipinski definition) is 4. The Kier molecular flexibility index (Phi) is 4.99. The highest BCUT2D eigenvalue weighted by Gasteiger charge is 2.15. The van der Waals surface area contributed by atoms with E-state index in [0.717, 1.165) is 28.4 Å². The number of carbonyl (C=O) groups excluding carboxylic acids is 1. The van der Waals surface area contributed by atoms with Gasteiger partial charge in [0.2, 0.25) is 0 Å². The van der Waals surface area contributed by atoms with Crippen molar-refractivity contribution >= 4 is 23.1 Å². The van der Waals surface area contributed by atoms with Crippen LogP contribution in [0.5, 0.6) is 0 Å². The summed E-state index contributed by atoms with van der Waals surface area (Å²) in [4.78, 5) is 21.1.